The van der Waals surface area contributed by atoms with Crippen molar-refractivity contribution in [2.75, 3.05) is 5.73 Å². The monoisotopic (exact) mass is 211 g/mol. The van der Waals surface area contributed by atoms with Crippen LogP contribution >= 0.6 is 0 Å². The summed E-state index contributed by atoms with van der Waals surface area (Å²) in [6, 6.07) is 1.26. The van der Waals surface area contributed by atoms with Gasteiger partial charge in [0.2, 0.25) is 0 Å². The number of anilines is 1. The number of nitrogen functional groups attached to an aromatic ring is 1. The quantitative estimate of drug-likeness (QED) is 0.551. The molecule has 0 bridgehead atoms. The Bertz CT molecular complexity index is 350. The summed E-state index contributed by atoms with van der Waals surface area (Å²) in [6.45, 7) is 0. The lowest BCUT2D eigenvalue weighted by molar-refractivity contribution is -0.275. The molecule has 1 aromatic rings. The first-order chi connectivity index (χ1) is 6.29. The Morgan fingerprint density at radius 3 is 2.36 bits per heavy atom. The van der Waals surface area contributed by atoms with Crippen LogP contribution in [0.3, 0.4) is 0 Å². The van der Waals surface area contributed by atoms with Gasteiger partial charge in [-0.25, -0.2) is 4.39 Å². The van der Waals surface area contributed by atoms with Crippen molar-refractivity contribution < 1.29 is 27.4 Å². The van der Waals surface area contributed by atoms with Crippen LogP contribution in [0.1, 0.15) is 0 Å². The number of alkyl halides is 3. The first kappa shape index (κ1) is 10.4. The zero-order valence-corrected chi connectivity index (χ0v) is 6.60. The molecule has 0 amide bonds. The number of hydrogen-bond acceptors (Lipinski definition) is 3. The molecule has 0 saturated carbocycles. The highest BCUT2D eigenvalue weighted by atomic mass is 19.4. The fraction of sp³-hybridized carbons (Fsp3) is 0.143. The van der Waals surface area contributed by atoms with Crippen LogP contribution in [-0.4, -0.2) is 11.5 Å². The number of phenolic OH excluding ortho intramolecular Hbond substituents is 1. The Morgan fingerprint density at radius 1 is 1.29 bits per heavy atom. The second kappa shape index (κ2) is 3.24. The molecule has 0 aliphatic heterocycles. The predicted octanol–water partition coefficient (Wildman–Crippen LogP) is 2.01. The highest BCUT2D eigenvalue weighted by molar-refractivity contribution is 5.51. The fourth-order valence-corrected chi connectivity index (χ4v) is 0.803. The summed E-state index contributed by atoms with van der Waals surface area (Å²) < 4.78 is 51.2. The molecule has 7 heteroatoms. The van der Waals surface area contributed by atoms with E-state index in [1.807, 2.05) is 0 Å². The minimum absolute atomic E-state index is 0.485. The maximum absolute atomic E-state index is 12.9. The van der Waals surface area contributed by atoms with E-state index in [9.17, 15) is 17.6 Å². The topological polar surface area (TPSA) is 55.5 Å². The first-order valence-electron chi connectivity index (χ1n) is 3.33. The average molecular weight is 211 g/mol. The maximum Gasteiger partial charge on any atom is 0.573 e. The number of halogens is 4. The molecule has 3 N–H and O–H groups in total. The molecular weight excluding hydrogens is 206 g/mol. The molecule has 0 radical (unpaired) electrons. The number of benzene rings is 1. The summed E-state index contributed by atoms with van der Waals surface area (Å²) in [4.78, 5) is 0. The molecule has 78 valence electrons. The van der Waals surface area contributed by atoms with Gasteiger partial charge in [-0.2, -0.15) is 0 Å². The Morgan fingerprint density at radius 2 is 1.86 bits per heavy atom. The molecule has 1 aromatic carbocycles. The molecule has 1 rings (SSSR count). The average Bonchev–Trinajstić information content (AvgIpc) is 1.96. The van der Waals surface area contributed by atoms with E-state index in [0.717, 1.165) is 6.07 Å². The van der Waals surface area contributed by atoms with E-state index in [0.29, 0.717) is 6.07 Å². The normalized spacial score (nSPS) is 11.4. The number of aromatic hydroxyl groups is 1. The molecule has 0 aliphatic carbocycles. The highest BCUT2D eigenvalue weighted by Gasteiger charge is 2.33. The summed E-state index contributed by atoms with van der Waals surface area (Å²) in [5.41, 5.74) is 4.34. The molecule has 0 saturated heterocycles. The van der Waals surface area contributed by atoms with Gasteiger partial charge in [0.15, 0.2) is 11.6 Å². The van der Waals surface area contributed by atoms with Gasteiger partial charge in [0.25, 0.3) is 0 Å². The van der Waals surface area contributed by atoms with Crippen LogP contribution in [0.5, 0.6) is 11.5 Å². The SMILES string of the molecule is Nc1cc(O)cc(OC(F)(F)F)c1F. The van der Waals surface area contributed by atoms with Gasteiger partial charge in [0.1, 0.15) is 5.75 Å². The summed E-state index contributed by atoms with van der Waals surface area (Å²) in [6.07, 6.45) is -5.03. The van der Waals surface area contributed by atoms with Gasteiger partial charge < -0.3 is 15.6 Å². The first-order valence-corrected chi connectivity index (χ1v) is 3.33. The van der Waals surface area contributed by atoms with Crippen molar-refractivity contribution in [1.82, 2.24) is 0 Å². The number of phenols is 1. The summed E-state index contributed by atoms with van der Waals surface area (Å²) in [7, 11) is 0. The second-order valence-electron chi connectivity index (χ2n) is 2.39. The molecule has 0 heterocycles. The number of ether oxygens (including phenoxy) is 1. The third-order valence-corrected chi connectivity index (χ3v) is 1.28. The predicted molar refractivity (Wildman–Crippen MR) is 39.2 cm³/mol. The smallest absolute Gasteiger partial charge is 0.508 e. The molecule has 0 spiro atoms. The van der Waals surface area contributed by atoms with Crippen molar-refractivity contribution in [2.24, 2.45) is 0 Å². The zero-order chi connectivity index (χ0) is 10.9. The van der Waals surface area contributed by atoms with Gasteiger partial charge in [0, 0.05) is 12.1 Å². The van der Waals surface area contributed by atoms with E-state index in [2.05, 4.69) is 4.74 Å². The van der Waals surface area contributed by atoms with Crippen LogP contribution in [0.4, 0.5) is 23.2 Å². The van der Waals surface area contributed by atoms with Crippen molar-refractivity contribution in [1.29, 1.82) is 0 Å². The third-order valence-electron chi connectivity index (χ3n) is 1.28. The van der Waals surface area contributed by atoms with Crippen molar-refractivity contribution in [3.8, 4) is 11.5 Å². The van der Waals surface area contributed by atoms with Gasteiger partial charge in [-0.1, -0.05) is 0 Å². The Balaban J connectivity index is 3.09. The highest BCUT2D eigenvalue weighted by Crippen LogP contribution is 2.32. The van der Waals surface area contributed by atoms with Crippen LogP contribution in [0.2, 0.25) is 0 Å². The Hall–Kier alpha value is -1.66. The zero-order valence-electron chi connectivity index (χ0n) is 6.60. The molecule has 0 fully saturated rings. The molecule has 3 nitrogen and oxygen atoms in total. The molecule has 0 unspecified atom stereocenters. The Labute approximate surface area is 75.7 Å². The van der Waals surface area contributed by atoms with Gasteiger partial charge in [0.05, 0.1) is 5.69 Å². The molecule has 14 heavy (non-hydrogen) atoms. The van der Waals surface area contributed by atoms with Crippen LogP contribution in [0, 0.1) is 5.82 Å². The summed E-state index contributed by atoms with van der Waals surface area (Å²) in [5, 5.41) is 8.82. The van der Waals surface area contributed by atoms with Gasteiger partial charge in [-0.05, 0) is 0 Å². The molecule has 0 aromatic heterocycles. The summed E-state index contributed by atoms with van der Waals surface area (Å²) in [5.74, 6) is -3.13. The van der Waals surface area contributed by atoms with Gasteiger partial charge >= 0.3 is 6.36 Å². The van der Waals surface area contributed by atoms with E-state index >= 15 is 0 Å². The molecule has 0 atom stereocenters. The summed E-state index contributed by atoms with van der Waals surface area (Å²) >= 11 is 0. The van der Waals surface area contributed by atoms with Crippen molar-refractivity contribution in [2.45, 2.75) is 6.36 Å². The van der Waals surface area contributed by atoms with E-state index in [4.69, 9.17) is 10.8 Å². The van der Waals surface area contributed by atoms with Gasteiger partial charge in [-0.15, -0.1) is 13.2 Å². The van der Waals surface area contributed by atoms with E-state index < -0.39 is 29.4 Å². The molecule has 0 aliphatic rings. The van der Waals surface area contributed by atoms with E-state index in [1.54, 1.807) is 0 Å². The number of nitrogens with two attached hydrogens (primary N) is 1. The lowest BCUT2D eigenvalue weighted by atomic mass is 10.2. The van der Waals surface area contributed by atoms with Crippen LogP contribution < -0.4 is 10.5 Å². The lowest BCUT2D eigenvalue weighted by Crippen LogP contribution is -2.18. The van der Waals surface area contributed by atoms with E-state index in [1.165, 1.54) is 0 Å². The fourth-order valence-electron chi connectivity index (χ4n) is 0.803. The maximum atomic E-state index is 12.9. The van der Waals surface area contributed by atoms with Gasteiger partial charge in [-0.3, -0.25) is 0 Å². The standard InChI is InChI=1S/C7H5F4NO2/c8-6-4(12)1-3(13)2-5(6)14-7(9,10)11/h1-2,13H,12H2. The van der Waals surface area contributed by atoms with Crippen LogP contribution in [-0.2, 0) is 0 Å². The van der Waals surface area contributed by atoms with Crippen molar-refractivity contribution in [3.05, 3.63) is 17.9 Å². The minimum atomic E-state index is -5.03. The Kier molecular flexibility index (Phi) is 2.41. The molecular formula is C7H5F4NO2. The number of rotatable bonds is 1. The minimum Gasteiger partial charge on any atom is -0.508 e. The lowest BCUT2D eigenvalue weighted by Gasteiger charge is -2.10. The largest absolute Gasteiger partial charge is 0.573 e. The van der Waals surface area contributed by atoms with Crippen LogP contribution in [0.15, 0.2) is 12.1 Å². The van der Waals surface area contributed by atoms with Crippen molar-refractivity contribution in [3.63, 3.8) is 0 Å². The van der Waals surface area contributed by atoms with Crippen LogP contribution in [0.25, 0.3) is 0 Å². The third kappa shape index (κ3) is 2.41. The second-order valence-corrected chi connectivity index (χ2v) is 2.39. The van der Waals surface area contributed by atoms with E-state index in [-0.39, 0.29) is 0 Å². The van der Waals surface area contributed by atoms with Crippen molar-refractivity contribution >= 4 is 5.69 Å². The number of hydrogen-bond donors (Lipinski definition) is 2.